The number of carbonyl (C=O) groups excluding carboxylic acids is 2. The molecular formula is C42H54O8Si. The van der Waals surface area contributed by atoms with E-state index in [2.05, 4.69) is 19.6 Å². The van der Waals surface area contributed by atoms with E-state index in [0.29, 0.717) is 43.8 Å². The van der Waals surface area contributed by atoms with Crippen molar-refractivity contribution < 1.29 is 38.0 Å². The van der Waals surface area contributed by atoms with E-state index in [1.165, 1.54) is 0 Å². The summed E-state index contributed by atoms with van der Waals surface area (Å²) in [5.41, 5.74) is 4.79. The largest absolute Gasteiger partial charge is 0.497 e. The van der Waals surface area contributed by atoms with Gasteiger partial charge < -0.3 is 28.4 Å². The minimum absolute atomic E-state index is 0.309. The highest BCUT2D eigenvalue weighted by molar-refractivity contribution is 6.76. The van der Waals surface area contributed by atoms with E-state index in [4.69, 9.17) is 28.4 Å². The second kappa shape index (κ2) is 18.5. The van der Waals surface area contributed by atoms with Crippen LogP contribution in [0.25, 0.3) is 6.08 Å². The number of hydrogen-bond donors (Lipinski definition) is 0. The normalized spacial score (nSPS) is 17.9. The number of benzene rings is 3. The Morgan fingerprint density at radius 2 is 1.65 bits per heavy atom. The van der Waals surface area contributed by atoms with Gasteiger partial charge in [0.25, 0.3) is 0 Å². The fourth-order valence-corrected chi connectivity index (χ4v) is 6.58. The van der Waals surface area contributed by atoms with Gasteiger partial charge in [0.05, 0.1) is 44.2 Å². The second-order valence-electron chi connectivity index (χ2n) is 14.6. The standard InChI is InChI=1S/C42H54O8Si/c1-30-27-31(2)38(41(44)47-25-26-51(6,7)8)34(28-30)17-14-19-37-39(50-42(3,4)49-37)36(48-40(43)33-15-10-9-11-16-33)18-12-13-24-46-29-32-20-22-35(45-5)23-21-32/h9-12,14-18,20-23,27-28,36-37,39H,13,19,24-26,29H2,1-8H3/b17-14+,18-12-/t36?,37-,39+/m0/s1. The molecule has 1 aliphatic rings. The number of rotatable bonds is 17. The van der Waals surface area contributed by atoms with Crippen molar-refractivity contribution in [2.45, 2.75) is 96.9 Å². The van der Waals surface area contributed by atoms with Crippen molar-refractivity contribution in [3.63, 3.8) is 0 Å². The predicted octanol–water partition coefficient (Wildman–Crippen LogP) is 9.12. The first-order valence-corrected chi connectivity index (χ1v) is 21.4. The quantitative estimate of drug-likeness (QED) is 0.0592. The summed E-state index contributed by atoms with van der Waals surface area (Å²) >= 11 is 0. The average molecular weight is 715 g/mol. The van der Waals surface area contributed by atoms with Gasteiger partial charge in [-0.25, -0.2) is 9.59 Å². The van der Waals surface area contributed by atoms with Crippen LogP contribution in [0.3, 0.4) is 0 Å². The average Bonchev–Trinajstić information content (AvgIpc) is 3.39. The molecule has 0 spiro atoms. The second-order valence-corrected chi connectivity index (χ2v) is 20.2. The molecule has 51 heavy (non-hydrogen) atoms. The Balaban J connectivity index is 1.48. The monoisotopic (exact) mass is 714 g/mol. The first-order valence-electron chi connectivity index (χ1n) is 17.7. The van der Waals surface area contributed by atoms with Crippen LogP contribution in [0.1, 0.15) is 69.7 Å². The van der Waals surface area contributed by atoms with Gasteiger partial charge in [-0.3, -0.25) is 0 Å². The molecule has 0 N–H and O–H groups in total. The zero-order valence-electron chi connectivity index (χ0n) is 31.4. The Bertz CT molecular complexity index is 1640. The molecule has 0 radical (unpaired) electrons. The Hall–Kier alpha value is -4.02. The molecule has 0 saturated carbocycles. The lowest BCUT2D eigenvalue weighted by Crippen LogP contribution is -2.37. The summed E-state index contributed by atoms with van der Waals surface area (Å²) in [7, 11) is 0.294. The third-order valence-electron chi connectivity index (χ3n) is 8.45. The minimum atomic E-state index is -1.35. The van der Waals surface area contributed by atoms with Crippen LogP contribution in [-0.2, 0) is 30.3 Å². The lowest BCUT2D eigenvalue weighted by Gasteiger charge is -2.24. The maximum atomic E-state index is 13.3. The Morgan fingerprint density at radius 1 is 0.922 bits per heavy atom. The molecule has 1 fully saturated rings. The number of carbonyl (C=O) groups is 2. The van der Waals surface area contributed by atoms with Crippen LogP contribution in [-0.4, -0.2) is 64.4 Å². The molecule has 1 heterocycles. The molecule has 1 saturated heterocycles. The van der Waals surface area contributed by atoms with Gasteiger partial charge in [-0.2, -0.15) is 0 Å². The molecule has 0 aromatic heterocycles. The molecule has 274 valence electrons. The fraction of sp³-hybridized carbons (Fsp3) is 0.429. The van der Waals surface area contributed by atoms with Crippen molar-refractivity contribution >= 4 is 26.1 Å². The summed E-state index contributed by atoms with van der Waals surface area (Å²) in [6.45, 7) is 15.8. The molecule has 9 heteroatoms. The van der Waals surface area contributed by atoms with E-state index >= 15 is 0 Å². The topological polar surface area (TPSA) is 89.5 Å². The Kier molecular flexibility index (Phi) is 14.4. The van der Waals surface area contributed by atoms with Gasteiger partial charge in [-0.1, -0.05) is 85.9 Å². The van der Waals surface area contributed by atoms with Crippen LogP contribution in [0, 0.1) is 13.8 Å². The molecular weight excluding hydrogens is 661 g/mol. The van der Waals surface area contributed by atoms with Crippen molar-refractivity contribution in [3.05, 3.63) is 118 Å². The molecule has 0 aliphatic carbocycles. The van der Waals surface area contributed by atoms with Crippen molar-refractivity contribution in [2.75, 3.05) is 20.3 Å². The highest BCUT2D eigenvalue weighted by Crippen LogP contribution is 2.34. The van der Waals surface area contributed by atoms with Crippen LogP contribution in [0.15, 0.2) is 85.0 Å². The summed E-state index contributed by atoms with van der Waals surface area (Å²) in [5.74, 6) is -0.857. The van der Waals surface area contributed by atoms with Crippen LogP contribution >= 0.6 is 0 Å². The predicted molar refractivity (Wildman–Crippen MR) is 204 cm³/mol. The number of ether oxygens (including phenoxy) is 6. The van der Waals surface area contributed by atoms with Crippen LogP contribution in [0.4, 0.5) is 0 Å². The third-order valence-corrected chi connectivity index (χ3v) is 10.1. The van der Waals surface area contributed by atoms with Crippen molar-refractivity contribution in [2.24, 2.45) is 0 Å². The highest BCUT2D eigenvalue weighted by atomic mass is 28.3. The summed E-state index contributed by atoms with van der Waals surface area (Å²) in [5, 5.41) is 0. The molecule has 1 aliphatic heterocycles. The van der Waals surface area contributed by atoms with Crippen LogP contribution in [0.5, 0.6) is 5.75 Å². The van der Waals surface area contributed by atoms with E-state index in [1.807, 2.05) is 94.5 Å². The molecule has 4 rings (SSSR count). The molecule has 8 nitrogen and oxygen atoms in total. The first-order chi connectivity index (χ1) is 24.2. The van der Waals surface area contributed by atoms with Gasteiger partial charge in [0, 0.05) is 8.07 Å². The fourth-order valence-electron chi connectivity index (χ4n) is 5.86. The third kappa shape index (κ3) is 12.6. The van der Waals surface area contributed by atoms with Gasteiger partial charge in [0.15, 0.2) is 5.79 Å². The number of esters is 2. The van der Waals surface area contributed by atoms with Crippen molar-refractivity contribution in [3.8, 4) is 5.75 Å². The summed E-state index contributed by atoms with van der Waals surface area (Å²) < 4.78 is 35.7. The Morgan fingerprint density at radius 3 is 2.33 bits per heavy atom. The van der Waals surface area contributed by atoms with Gasteiger partial charge >= 0.3 is 11.9 Å². The van der Waals surface area contributed by atoms with Crippen molar-refractivity contribution in [1.82, 2.24) is 0 Å². The molecule has 3 aromatic rings. The van der Waals surface area contributed by atoms with E-state index in [0.717, 1.165) is 34.0 Å². The number of methoxy groups -OCH3 is 1. The lowest BCUT2D eigenvalue weighted by atomic mass is 9.97. The van der Waals surface area contributed by atoms with Gasteiger partial charge in [0.2, 0.25) is 0 Å². The van der Waals surface area contributed by atoms with E-state index < -0.39 is 38.1 Å². The summed E-state index contributed by atoms with van der Waals surface area (Å²) in [6.07, 6.45) is 7.08. The van der Waals surface area contributed by atoms with Gasteiger partial charge in [-0.05, 0) is 93.6 Å². The smallest absolute Gasteiger partial charge is 0.338 e. The van der Waals surface area contributed by atoms with E-state index in [1.54, 1.807) is 31.4 Å². The van der Waals surface area contributed by atoms with Crippen LogP contribution < -0.4 is 4.74 Å². The first kappa shape index (κ1) is 39.8. The van der Waals surface area contributed by atoms with Gasteiger partial charge in [0.1, 0.15) is 18.0 Å². The number of hydrogen-bond acceptors (Lipinski definition) is 8. The highest BCUT2D eigenvalue weighted by Gasteiger charge is 2.45. The van der Waals surface area contributed by atoms with E-state index in [-0.39, 0.29) is 5.97 Å². The van der Waals surface area contributed by atoms with Gasteiger partial charge in [-0.15, -0.1) is 0 Å². The maximum absolute atomic E-state index is 13.3. The lowest BCUT2D eigenvalue weighted by molar-refractivity contribution is -0.152. The number of aryl methyl sites for hydroxylation is 2. The maximum Gasteiger partial charge on any atom is 0.338 e. The zero-order valence-corrected chi connectivity index (χ0v) is 32.4. The van der Waals surface area contributed by atoms with Crippen molar-refractivity contribution in [1.29, 1.82) is 0 Å². The summed E-state index contributed by atoms with van der Waals surface area (Å²) in [6, 6.07) is 21.6. The van der Waals surface area contributed by atoms with Crippen LogP contribution in [0.2, 0.25) is 25.7 Å². The molecule has 0 amide bonds. The van der Waals surface area contributed by atoms with E-state index in [9.17, 15) is 9.59 Å². The molecule has 3 atom stereocenters. The summed E-state index contributed by atoms with van der Waals surface area (Å²) in [4.78, 5) is 26.5. The Labute approximate surface area is 304 Å². The molecule has 3 aromatic carbocycles. The molecule has 0 bridgehead atoms. The minimum Gasteiger partial charge on any atom is -0.497 e. The molecule has 1 unspecified atom stereocenters. The SMILES string of the molecule is COc1ccc(COCC/C=C\C(OC(=O)c2ccccc2)[C@H]2OC(C)(C)O[C@H]2C/C=C/c2cc(C)cc(C)c2C(=O)OCC[Si](C)(C)C)cc1. The zero-order chi connectivity index (χ0) is 37.0.